The molecule has 4 rings (SSSR count). The van der Waals surface area contributed by atoms with E-state index < -0.39 is 5.91 Å². The maximum atomic E-state index is 12.8. The number of hydrogen-bond acceptors (Lipinski definition) is 4. The summed E-state index contributed by atoms with van der Waals surface area (Å²) in [5.74, 6) is -0.452. The lowest BCUT2D eigenvalue weighted by Crippen LogP contribution is -2.33. The van der Waals surface area contributed by atoms with Crippen LogP contribution in [0.1, 0.15) is 15.4 Å². The number of nitrogens with zero attached hydrogens (tertiary/aromatic N) is 2. The van der Waals surface area contributed by atoms with Crippen molar-refractivity contribution in [3.63, 3.8) is 0 Å². The monoisotopic (exact) mass is 375 g/mol. The second-order valence-corrected chi connectivity index (χ2v) is 7.06. The molecule has 6 heteroatoms. The number of amides is 1. The van der Waals surface area contributed by atoms with Gasteiger partial charge in [-0.15, -0.1) is 11.3 Å². The van der Waals surface area contributed by atoms with Crippen molar-refractivity contribution in [2.75, 3.05) is 6.54 Å². The van der Waals surface area contributed by atoms with Gasteiger partial charge in [-0.05, 0) is 42.1 Å². The lowest BCUT2D eigenvalue weighted by atomic mass is 10.2. The Bertz CT molecular complexity index is 1140. The molecule has 0 unspecified atom stereocenters. The van der Waals surface area contributed by atoms with Crippen molar-refractivity contribution in [2.24, 2.45) is 0 Å². The fourth-order valence-corrected chi connectivity index (χ4v) is 3.64. The maximum Gasteiger partial charge on any atom is 0.275 e. The Hall–Kier alpha value is -3.25. The van der Waals surface area contributed by atoms with Gasteiger partial charge < -0.3 is 5.32 Å². The van der Waals surface area contributed by atoms with Crippen molar-refractivity contribution in [1.82, 2.24) is 15.1 Å². The molecule has 0 spiro atoms. The van der Waals surface area contributed by atoms with E-state index in [4.69, 9.17) is 0 Å². The van der Waals surface area contributed by atoms with Gasteiger partial charge in [0, 0.05) is 11.4 Å². The second kappa shape index (κ2) is 7.55. The Morgan fingerprint density at radius 3 is 2.56 bits per heavy atom. The van der Waals surface area contributed by atoms with Gasteiger partial charge in [-0.25, -0.2) is 4.68 Å². The fourth-order valence-electron chi connectivity index (χ4n) is 2.93. The SMILES string of the molecule is O=C(NCCc1cccs1)c1nn(-c2ccccc2)c2ccccc2c1=O. The quantitative estimate of drug-likeness (QED) is 0.581. The van der Waals surface area contributed by atoms with Crippen LogP contribution in [0.5, 0.6) is 0 Å². The number of fused-ring (bicyclic) bond motifs is 1. The summed E-state index contributed by atoms with van der Waals surface area (Å²) in [5, 5.41) is 9.67. The van der Waals surface area contributed by atoms with Gasteiger partial charge in [-0.3, -0.25) is 9.59 Å². The van der Waals surface area contributed by atoms with E-state index in [1.165, 1.54) is 4.88 Å². The summed E-state index contributed by atoms with van der Waals surface area (Å²) in [7, 11) is 0. The van der Waals surface area contributed by atoms with Crippen molar-refractivity contribution in [2.45, 2.75) is 6.42 Å². The molecule has 0 saturated heterocycles. The van der Waals surface area contributed by atoms with Crippen molar-refractivity contribution in [1.29, 1.82) is 0 Å². The number of para-hydroxylation sites is 2. The molecule has 1 N–H and O–H groups in total. The molecule has 2 aromatic carbocycles. The Balaban J connectivity index is 1.71. The first-order chi connectivity index (χ1) is 13.2. The summed E-state index contributed by atoms with van der Waals surface area (Å²) >= 11 is 1.64. The topological polar surface area (TPSA) is 64.0 Å². The molecule has 0 fully saturated rings. The molecule has 0 bridgehead atoms. The minimum atomic E-state index is -0.452. The molecule has 0 aliphatic heterocycles. The zero-order chi connectivity index (χ0) is 18.6. The summed E-state index contributed by atoms with van der Waals surface area (Å²) in [5.41, 5.74) is 1.01. The van der Waals surface area contributed by atoms with Crippen LogP contribution in [0.3, 0.4) is 0 Å². The number of thiophene rings is 1. The molecule has 5 nitrogen and oxygen atoms in total. The highest BCUT2D eigenvalue weighted by atomic mass is 32.1. The van der Waals surface area contributed by atoms with E-state index in [-0.39, 0.29) is 11.1 Å². The van der Waals surface area contributed by atoms with Crippen molar-refractivity contribution in [3.8, 4) is 5.69 Å². The largest absolute Gasteiger partial charge is 0.350 e. The van der Waals surface area contributed by atoms with Gasteiger partial charge in [0.15, 0.2) is 5.69 Å². The van der Waals surface area contributed by atoms with E-state index in [1.54, 1.807) is 28.2 Å². The smallest absolute Gasteiger partial charge is 0.275 e. The Morgan fingerprint density at radius 2 is 1.78 bits per heavy atom. The highest BCUT2D eigenvalue weighted by molar-refractivity contribution is 7.09. The average molecular weight is 375 g/mol. The molecule has 0 saturated carbocycles. The molecule has 0 aliphatic rings. The Labute approximate surface area is 159 Å². The third-order valence-electron chi connectivity index (χ3n) is 4.24. The fraction of sp³-hybridized carbons (Fsp3) is 0.0952. The molecule has 0 atom stereocenters. The standard InChI is InChI=1S/C21H17N3O2S/c25-20-17-10-4-5-11-18(17)24(15-7-2-1-3-8-15)23-19(20)21(26)22-13-12-16-9-6-14-27-16/h1-11,14H,12-13H2,(H,22,26). The third-order valence-corrected chi connectivity index (χ3v) is 5.18. The normalized spacial score (nSPS) is 10.8. The van der Waals surface area contributed by atoms with Crippen LogP contribution in [0.15, 0.2) is 76.9 Å². The molecular formula is C21H17N3O2S. The van der Waals surface area contributed by atoms with E-state index >= 15 is 0 Å². The molecule has 27 heavy (non-hydrogen) atoms. The maximum absolute atomic E-state index is 12.8. The predicted octanol–water partition coefficient (Wildman–Crippen LogP) is 3.42. The minimum Gasteiger partial charge on any atom is -0.350 e. The van der Waals surface area contributed by atoms with E-state index in [0.717, 1.165) is 12.1 Å². The molecule has 1 amide bonds. The zero-order valence-corrected chi connectivity index (χ0v) is 15.3. The van der Waals surface area contributed by atoms with Crippen LogP contribution in [-0.4, -0.2) is 22.2 Å². The predicted molar refractivity (Wildman–Crippen MR) is 108 cm³/mol. The summed E-state index contributed by atoms with van der Waals surface area (Å²) in [4.78, 5) is 26.6. The highest BCUT2D eigenvalue weighted by Crippen LogP contribution is 2.15. The first kappa shape index (κ1) is 17.2. The van der Waals surface area contributed by atoms with Gasteiger partial charge in [0.05, 0.1) is 16.6 Å². The lowest BCUT2D eigenvalue weighted by Gasteiger charge is -2.12. The molecule has 4 aromatic rings. The first-order valence-electron chi connectivity index (χ1n) is 8.62. The van der Waals surface area contributed by atoms with Crippen LogP contribution >= 0.6 is 11.3 Å². The number of hydrogen-bond donors (Lipinski definition) is 1. The third kappa shape index (κ3) is 3.52. The molecular weight excluding hydrogens is 358 g/mol. The number of benzene rings is 2. The molecule has 0 aliphatic carbocycles. The number of nitrogens with one attached hydrogen (secondary N) is 1. The van der Waals surface area contributed by atoms with Crippen LogP contribution in [-0.2, 0) is 6.42 Å². The van der Waals surface area contributed by atoms with Gasteiger partial charge in [0.25, 0.3) is 5.91 Å². The second-order valence-electron chi connectivity index (χ2n) is 6.03. The van der Waals surface area contributed by atoms with E-state index in [9.17, 15) is 9.59 Å². The summed E-state index contributed by atoms with van der Waals surface area (Å²) in [6.45, 7) is 0.457. The number of carbonyl (C=O) groups is 1. The van der Waals surface area contributed by atoms with Crippen molar-refractivity contribution in [3.05, 3.63) is 92.9 Å². The summed E-state index contributed by atoms with van der Waals surface area (Å²) in [6, 6.07) is 20.7. The van der Waals surface area contributed by atoms with Crippen LogP contribution in [0.4, 0.5) is 0 Å². The molecule has 2 aromatic heterocycles. The summed E-state index contributed by atoms with van der Waals surface area (Å²) in [6.07, 6.45) is 0.726. The van der Waals surface area contributed by atoms with Crippen molar-refractivity contribution >= 4 is 28.1 Å². The van der Waals surface area contributed by atoms with Gasteiger partial charge in [0.2, 0.25) is 5.43 Å². The zero-order valence-electron chi connectivity index (χ0n) is 14.5. The Kier molecular flexibility index (Phi) is 4.80. The number of rotatable bonds is 5. The van der Waals surface area contributed by atoms with Crippen LogP contribution in [0, 0.1) is 0 Å². The minimum absolute atomic E-state index is 0.0938. The van der Waals surface area contributed by atoms with E-state index in [2.05, 4.69) is 10.4 Å². The lowest BCUT2D eigenvalue weighted by molar-refractivity contribution is 0.0946. The molecule has 134 valence electrons. The van der Waals surface area contributed by atoms with E-state index in [0.29, 0.717) is 17.4 Å². The van der Waals surface area contributed by atoms with Gasteiger partial charge in [0.1, 0.15) is 0 Å². The van der Waals surface area contributed by atoms with Crippen molar-refractivity contribution < 1.29 is 4.79 Å². The number of aromatic nitrogens is 2. The molecule has 0 radical (unpaired) electrons. The highest BCUT2D eigenvalue weighted by Gasteiger charge is 2.17. The van der Waals surface area contributed by atoms with Gasteiger partial charge >= 0.3 is 0 Å². The molecule has 2 heterocycles. The van der Waals surface area contributed by atoms with Crippen LogP contribution in [0.2, 0.25) is 0 Å². The van der Waals surface area contributed by atoms with E-state index in [1.807, 2.05) is 60.0 Å². The summed E-state index contributed by atoms with van der Waals surface area (Å²) < 4.78 is 1.64. The Morgan fingerprint density at radius 1 is 1.00 bits per heavy atom. The average Bonchev–Trinajstić information content (AvgIpc) is 3.22. The number of carbonyl (C=O) groups excluding carboxylic acids is 1. The van der Waals surface area contributed by atoms with Crippen LogP contribution < -0.4 is 10.7 Å². The van der Waals surface area contributed by atoms with Gasteiger partial charge in [-0.2, -0.15) is 5.10 Å². The first-order valence-corrected chi connectivity index (χ1v) is 9.50. The van der Waals surface area contributed by atoms with Crippen LogP contribution in [0.25, 0.3) is 16.6 Å². The van der Waals surface area contributed by atoms with Gasteiger partial charge in [-0.1, -0.05) is 36.4 Å².